The molecule has 2 N–H and O–H groups in total. The molecule has 29 heavy (non-hydrogen) atoms. The summed E-state index contributed by atoms with van der Waals surface area (Å²) in [4.78, 5) is 23.6. The number of carbonyl (C=O) groups is 2. The number of carbonyl (C=O) groups excluding carboxylic acids is 1. The van der Waals surface area contributed by atoms with Crippen LogP contribution in [0.3, 0.4) is 0 Å². The molecule has 3 aromatic rings. The van der Waals surface area contributed by atoms with Crippen LogP contribution in [0, 0.1) is 0 Å². The summed E-state index contributed by atoms with van der Waals surface area (Å²) in [5.74, 6) is -0.557. The van der Waals surface area contributed by atoms with Gasteiger partial charge < -0.3 is 9.52 Å². The molecule has 1 aromatic heterocycles. The summed E-state index contributed by atoms with van der Waals surface area (Å²) in [5.41, 5.74) is 4.75. The predicted octanol–water partition coefficient (Wildman–Crippen LogP) is 4.71. The maximum atomic E-state index is 12.2. The van der Waals surface area contributed by atoms with Crippen LogP contribution >= 0.6 is 0 Å². The largest absolute Gasteiger partial charge is 0.478 e. The number of nitrogens with zero attached hydrogens (tertiary/aromatic N) is 1. The van der Waals surface area contributed by atoms with E-state index in [2.05, 4.69) is 31.3 Å². The van der Waals surface area contributed by atoms with Gasteiger partial charge in [0.25, 0.3) is 5.91 Å². The standard InChI is InChI=1S/C23H22N2O4/c1-23(2,3)16-10-8-15(9-11-16)21(26)25-24-14-17-12-13-20(29-17)18-6-4-5-7-19(18)22(27)28/h4-14H,1-3H3,(H,25,26)(H,27,28)/b24-14-. The van der Waals surface area contributed by atoms with Crippen LogP contribution in [0.1, 0.15) is 52.8 Å². The van der Waals surface area contributed by atoms with Gasteiger partial charge in [0.15, 0.2) is 0 Å². The maximum Gasteiger partial charge on any atom is 0.336 e. The summed E-state index contributed by atoms with van der Waals surface area (Å²) in [6, 6.07) is 17.3. The van der Waals surface area contributed by atoms with Gasteiger partial charge in [-0.15, -0.1) is 0 Å². The van der Waals surface area contributed by atoms with Gasteiger partial charge in [-0.05, 0) is 41.3 Å². The van der Waals surface area contributed by atoms with Crippen molar-refractivity contribution in [1.29, 1.82) is 0 Å². The number of amides is 1. The van der Waals surface area contributed by atoms with Crippen molar-refractivity contribution in [3.63, 3.8) is 0 Å². The van der Waals surface area contributed by atoms with E-state index >= 15 is 0 Å². The van der Waals surface area contributed by atoms with Gasteiger partial charge in [-0.2, -0.15) is 5.10 Å². The molecule has 1 heterocycles. The molecular formula is C23H22N2O4. The molecule has 1 amide bonds. The third-order valence-corrected chi connectivity index (χ3v) is 4.42. The van der Waals surface area contributed by atoms with E-state index in [0.29, 0.717) is 22.6 Å². The zero-order chi connectivity index (χ0) is 21.0. The molecule has 0 saturated heterocycles. The van der Waals surface area contributed by atoms with Crippen molar-refractivity contribution in [1.82, 2.24) is 5.43 Å². The quantitative estimate of drug-likeness (QED) is 0.488. The SMILES string of the molecule is CC(C)(C)c1ccc(C(=O)N/N=C\c2ccc(-c3ccccc3C(=O)O)o2)cc1. The number of carboxylic acid groups (broad SMARTS) is 1. The van der Waals surface area contributed by atoms with Gasteiger partial charge in [-0.1, -0.05) is 51.1 Å². The number of hydrogen-bond acceptors (Lipinski definition) is 4. The van der Waals surface area contributed by atoms with Crippen LogP contribution in [0.2, 0.25) is 0 Å². The van der Waals surface area contributed by atoms with Crippen LogP contribution in [-0.4, -0.2) is 23.2 Å². The Labute approximate surface area is 168 Å². The summed E-state index contributed by atoms with van der Waals surface area (Å²) in [5, 5.41) is 13.2. The highest BCUT2D eigenvalue weighted by Gasteiger charge is 2.15. The monoisotopic (exact) mass is 390 g/mol. The van der Waals surface area contributed by atoms with Gasteiger partial charge in [0.1, 0.15) is 11.5 Å². The first-order chi connectivity index (χ1) is 13.8. The molecule has 0 spiro atoms. The van der Waals surface area contributed by atoms with Gasteiger partial charge in [-0.25, -0.2) is 10.2 Å². The number of hydrogen-bond donors (Lipinski definition) is 2. The molecule has 2 aromatic carbocycles. The van der Waals surface area contributed by atoms with Crippen molar-refractivity contribution in [2.75, 3.05) is 0 Å². The van der Waals surface area contributed by atoms with Crippen molar-refractivity contribution >= 4 is 18.1 Å². The molecule has 0 saturated carbocycles. The van der Waals surface area contributed by atoms with Crippen LogP contribution in [-0.2, 0) is 5.41 Å². The van der Waals surface area contributed by atoms with Crippen molar-refractivity contribution in [2.45, 2.75) is 26.2 Å². The molecule has 0 radical (unpaired) electrons. The number of aromatic carboxylic acids is 1. The molecule has 0 fully saturated rings. The number of carboxylic acids is 1. The molecule has 0 bridgehead atoms. The second kappa shape index (κ2) is 8.14. The fourth-order valence-corrected chi connectivity index (χ4v) is 2.79. The van der Waals surface area contributed by atoms with Crippen molar-refractivity contribution in [3.05, 3.63) is 83.1 Å². The predicted molar refractivity (Wildman–Crippen MR) is 111 cm³/mol. The van der Waals surface area contributed by atoms with Crippen molar-refractivity contribution < 1.29 is 19.1 Å². The molecular weight excluding hydrogens is 368 g/mol. The van der Waals surface area contributed by atoms with Gasteiger partial charge in [-0.3, -0.25) is 4.79 Å². The van der Waals surface area contributed by atoms with E-state index in [4.69, 9.17) is 4.42 Å². The summed E-state index contributed by atoms with van der Waals surface area (Å²) in [6.45, 7) is 6.33. The number of hydrazone groups is 1. The summed E-state index contributed by atoms with van der Waals surface area (Å²) < 4.78 is 5.64. The minimum atomic E-state index is -1.03. The average Bonchev–Trinajstić information content (AvgIpc) is 3.16. The Morgan fingerprint density at radius 2 is 1.69 bits per heavy atom. The highest BCUT2D eigenvalue weighted by molar-refractivity contribution is 5.96. The molecule has 0 aliphatic rings. The van der Waals surface area contributed by atoms with Crippen LogP contribution in [0.25, 0.3) is 11.3 Å². The van der Waals surface area contributed by atoms with Gasteiger partial charge in [0.2, 0.25) is 0 Å². The Balaban J connectivity index is 1.68. The first kappa shape index (κ1) is 20.1. The van der Waals surface area contributed by atoms with Crippen LogP contribution < -0.4 is 5.43 Å². The van der Waals surface area contributed by atoms with Crippen LogP contribution in [0.4, 0.5) is 0 Å². The molecule has 0 unspecified atom stereocenters. The molecule has 0 aliphatic heterocycles. The van der Waals surface area contributed by atoms with Gasteiger partial charge >= 0.3 is 5.97 Å². The Hall–Kier alpha value is -3.67. The second-order valence-corrected chi connectivity index (χ2v) is 7.58. The lowest BCUT2D eigenvalue weighted by atomic mass is 9.87. The highest BCUT2D eigenvalue weighted by atomic mass is 16.4. The van der Waals surface area contributed by atoms with Gasteiger partial charge in [0, 0.05) is 11.1 Å². The van der Waals surface area contributed by atoms with E-state index in [1.54, 1.807) is 42.5 Å². The number of benzene rings is 2. The average molecular weight is 390 g/mol. The highest BCUT2D eigenvalue weighted by Crippen LogP contribution is 2.25. The smallest absolute Gasteiger partial charge is 0.336 e. The molecule has 6 nitrogen and oxygen atoms in total. The summed E-state index contributed by atoms with van der Waals surface area (Å²) >= 11 is 0. The normalized spacial score (nSPS) is 11.6. The van der Waals surface area contributed by atoms with Crippen LogP contribution in [0.5, 0.6) is 0 Å². The van der Waals surface area contributed by atoms with E-state index in [-0.39, 0.29) is 16.9 Å². The minimum absolute atomic E-state index is 0.0173. The number of nitrogens with one attached hydrogen (secondary N) is 1. The topological polar surface area (TPSA) is 91.9 Å². The number of furan rings is 1. The summed E-state index contributed by atoms with van der Waals surface area (Å²) in [7, 11) is 0. The van der Waals surface area contributed by atoms with E-state index in [1.165, 1.54) is 12.3 Å². The Kier molecular flexibility index (Phi) is 5.64. The fourth-order valence-electron chi connectivity index (χ4n) is 2.79. The second-order valence-electron chi connectivity index (χ2n) is 7.58. The van der Waals surface area contributed by atoms with E-state index < -0.39 is 5.97 Å². The van der Waals surface area contributed by atoms with Crippen molar-refractivity contribution in [3.8, 4) is 11.3 Å². The van der Waals surface area contributed by atoms with E-state index in [1.807, 2.05) is 12.1 Å². The minimum Gasteiger partial charge on any atom is -0.478 e. The van der Waals surface area contributed by atoms with Gasteiger partial charge in [0.05, 0.1) is 11.8 Å². The lowest BCUT2D eigenvalue weighted by Crippen LogP contribution is -2.18. The Bertz CT molecular complexity index is 1060. The maximum absolute atomic E-state index is 12.2. The molecule has 6 heteroatoms. The molecule has 0 aliphatic carbocycles. The fraction of sp³-hybridized carbons (Fsp3) is 0.174. The van der Waals surface area contributed by atoms with E-state index in [9.17, 15) is 14.7 Å². The Morgan fingerprint density at radius 1 is 1.00 bits per heavy atom. The molecule has 0 atom stereocenters. The third-order valence-electron chi connectivity index (χ3n) is 4.42. The molecule has 3 rings (SSSR count). The lowest BCUT2D eigenvalue weighted by molar-refractivity contribution is 0.0697. The summed E-state index contributed by atoms with van der Waals surface area (Å²) in [6.07, 6.45) is 1.37. The first-order valence-electron chi connectivity index (χ1n) is 9.12. The molecule has 148 valence electrons. The Morgan fingerprint density at radius 3 is 2.34 bits per heavy atom. The first-order valence-corrected chi connectivity index (χ1v) is 9.12. The third kappa shape index (κ3) is 4.79. The lowest BCUT2D eigenvalue weighted by Gasteiger charge is -2.18. The zero-order valence-corrected chi connectivity index (χ0v) is 16.5. The zero-order valence-electron chi connectivity index (χ0n) is 16.5. The van der Waals surface area contributed by atoms with Crippen LogP contribution in [0.15, 0.2) is 70.2 Å². The van der Waals surface area contributed by atoms with E-state index in [0.717, 1.165) is 5.56 Å². The number of rotatable bonds is 5. The van der Waals surface area contributed by atoms with Crippen molar-refractivity contribution in [2.24, 2.45) is 5.10 Å².